The van der Waals surface area contributed by atoms with Gasteiger partial charge in [0, 0.05) is 26.7 Å². The molecule has 25 heavy (non-hydrogen) atoms. The van der Waals surface area contributed by atoms with Crippen molar-refractivity contribution in [1.82, 2.24) is 15.5 Å². The summed E-state index contributed by atoms with van der Waals surface area (Å²) in [5.74, 6) is 3.09. The zero-order valence-corrected chi connectivity index (χ0v) is 16.0. The molecule has 0 aliphatic carbocycles. The fourth-order valence-corrected chi connectivity index (χ4v) is 3.26. The van der Waals surface area contributed by atoms with Crippen LogP contribution in [0.1, 0.15) is 18.4 Å². The van der Waals surface area contributed by atoms with Gasteiger partial charge in [0.05, 0.1) is 14.2 Å². The third-order valence-corrected chi connectivity index (χ3v) is 4.66. The molecule has 1 unspecified atom stereocenters. The minimum Gasteiger partial charge on any atom is -0.493 e. The van der Waals surface area contributed by atoms with E-state index in [-0.39, 0.29) is 0 Å². The van der Waals surface area contributed by atoms with E-state index in [0.717, 1.165) is 43.5 Å². The number of hydrogen-bond acceptors (Lipinski definition) is 4. The Hall–Kier alpha value is -1.95. The fraction of sp³-hybridized carbons (Fsp3) is 0.632. The van der Waals surface area contributed by atoms with E-state index in [4.69, 9.17) is 9.47 Å². The van der Waals surface area contributed by atoms with Crippen molar-refractivity contribution in [3.05, 3.63) is 23.8 Å². The first-order chi connectivity index (χ1) is 12.2. The summed E-state index contributed by atoms with van der Waals surface area (Å²) >= 11 is 0. The maximum Gasteiger partial charge on any atom is 0.190 e. The molecular formula is C19H32N4O2. The van der Waals surface area contributed by atoms with Crippen molar-refractivity contribution >= 4 is 5.96 Å². The smallest absolute Gasteiger partial charge is 0.190 e. The van der Waals surface area contributed by atoms with Crippen LogP contribution in [0.4, 0.5) is 0 Å². The number of rotatable bonds is 7. The molecule has 0 bridgehead atoms. The first-order valence-corrected chi connectivity index (χ1v) is 9.00. The van der Waals surface area contributed by atoms with Crippen LogP contribution in [-0.2, 0) is 6.42 Å². The third-order valence-electron chi connectivity index (χ3n) is 4.66. The van der Waals surface area contributed by atoms with Gasteiger partial charge < -0.3 is 25.0 Å². The highest BCUT2D eigenvalue weighted by atomic mass is 16.5. The lowest BCUT2D eigenvalue weighted by Crippen LogP contribution is -2.44. The predicted molar refractivity (Wildman–Crippen MR) is 103 cm³/mol. The first kappa shape index (κ1) is 19.4. The van der Waals surface area contributed by atoms with Crippen LogP contribution in [0.25, 0.3) is 0 Å². The molecule has 1 aromatic rings. The van der Waals surface area contributed by atoms with Gasteiger partial charge in [0.15, 0.2) is 17.5 Å². The predicted octanol–water partition coefficient (Wildman–Crippen LogP) is 1.75. The first-order valence-electron chi connectivity index (χ1n) is 9.00. The van der Waals surface area contributed by atoms with Gasteiger partial charge in [-0.2, -0.15) is 0 Å². The number of piperidine rings is 1. The Morgan fingerprint density at radius 1 is 1.24 bits per heavy atom. The largest absolute Gasteiger partial charge is 0.493 e. The number of hydrogen-bond donors (Lipinski definition) is 2. The minimum atomic E-state index is 0.697. The van der Waals surface area contributed by atoms with Crippen molar-refractivity contribution in [2.24, 2.45) is 10.9 Å². The molecule has 1 atom stereocenters. The topological polar surface area (TPSA) is 58.1 Å². The average molecular weight is 348 g/mol. The van der Waals surface area contributed by atoms with Gasteiger partial charge >= 0.3 is 0 Å². The van der Waals surface area contributed by atoms with Gasteiger partial charge in [0.2, 0.25) is 0 Å². The maximum atomic E-state index is 5.35. The van der Waals surface area contributed by atoms with E-state index < -0.39 is 0 Å². The van der Waals surface area contributed by atoms with Gasteiger partial charge in [0.25, 0.3) is 0 Å². The van der Waals surface area contributed by atoms with Crippen LogP contribution in [-0.4, -0.2) is 65.4 Å². The van der Waals surface area contributed by atoms with Crippen LogP contribution in [0.15, 0.2) is 23.2 Å². The van der Waals surface area contributed by atoms with E-state index in [0.29, 0.717) is 5.92 Å². The van der Waals surface area contributed by atoms with Crippen molar-refractivity contribution in [1.29, 1.82) is 0 Å². The van der Waals surface area contributed by atoms with E-state index in [1.54, 1.807) is 14.2 Å². The van der Waals surface area contributed by atoms with Gasteiger partial charge in [-0.1, -0.05) is 6.07 Å². The highest BCUT2D eigenvalue weighted by Gasteiger charge is 2.17. The molecule has 140 valence electrons. The molecule has 1 aliphatic rings. The number of aliphatic imine (C=N–C) groups is 1. The van der Waals surface area contributed by atoms with Crippen molar-refractivity contribution in [2.75, 3.05) is 54.5 Å². The number of methoxy groups -OCH3 is 2. The van der Waals surface area contributed by atoms with E-state index >= 15 is 0 Å². The summed E-state index contributed by atoms with van der Waals surface area (Å²) in [6.07, 6.45) is 3.47. The normalized spacial score (nSPS) is 18.7. The van der Waals surface area contributed by atoms with Crippen molar-refractivity contribution in [3.63, 3.8) is 0 Å². The van der Waals surface area contributed by atoms with Crippen LogP contribution >= 0.6 is 0 Å². The summed E-state index contributed by atoms with van der Waals surface area (Å²) in [6.45, 7) is 4.17. The van der Waals surface area contributed by atoms with Gasteiger partial charge in [-0.05, 0) is 56.5 Å². The van der Waals surface area contributed by atoms with E-state index in [2.05, 4.69) is 33.6 Å². The van der Waals surface area contributed by atoms with Gasteiger partial charge in [-0.3, -0.25) is 4.99 Å². The number of ether oxygens (including phenoxy) is 2. The molecule has 6 nitrogen and oxygen atoms in total. The second kappa shape index (κ2) is 10.1. The summed E-state index contributed by atoms with van der Waals surface area (Å²) in [5.41, 5.74) is 1.20. The lowest BCUT2D eigenvalue weighted by atomic mass is 9.99. The molecule has 0 aromatic heterocycles. The molecule has 6 heteroatoms. The molecule has 0 saturated carbocycles. The van der Waals surface area contributed by atoms with Crippen LogP contribution in [0.5, 0.6) is 11.5 Å². The van der Waals surface area contributed by atoms with E-state index in [9.17, 15) is 0 Å². The van der Waals surface area contributed by atoms with Crippen LogP contribution in [0, 0.1) is 5.92 Å². The Bertz CT molecular complexity index is 562. The molecule has 1 aliphatic heterocycles. The Kier molecular flexibility index (Phi) is 7.85. The number of nitrogens with one attached hydrogen (secondary N) is 2. The Morgan fingerprint density at radius 3 is 2.72 bits per heavy atom. The standard InChI is InChI=1S/C19H32N4O2/c1-20-19(22-13-16-6-5-11-23(2)14-16)21-10-9-15-7-8-17(24-3)18(12-15)25-4/h7-8,12,16H,5-6,9-11,13-14H2,1-4H3,(H2,20,21,22). The van der Waals surface area contributed by atoms with Crippen molar-refractivity contribution in [3.8, 4) is 11.5 Å². The van der Waals surface area contributed by atoms with Crippen molar-refractivity contribution < 1.29 is 9.47 Å². The zero-order valence-electron chi connectivity index (χ0n) is 16.0. The quantitative estimate of drug-likeness (QED) is 0.581. The van der Waals surface area contributed by atoms with Crippen LogP contribution in [0.2, 0.25) is 0 Å². The van der Waals surface area contributed by atoms with Gasteiger partial charge in [-0.15, -0.1) is 0 Å². The number of nitrogens with zero attached hydrogens (tertiary/aromatic N) is 2. The lowest BCUT2D eigenvalue weighted by molar-refractivity contribution is 0.210. The summed E-state index contributed by atoms with van der Waals surface area (Å²) < 4.78 is 10.6. The molecule has 1 aromatic carbocycles. The van der Waals surface area contributed by atoms with Crippen molar-refractivity contribution in [2.45, 2.75) is 19.3 Å². The summed E-state index contributed by atoms with van der Waals surface area (Å²) in [5, 5.41) is 6.84. The number of guanidine groups is 1. The van der Waals surface area contributed by atoms with Gasteiger partial charge in [0.1, 0.15) is 0 Å². The third kappa shape index (κ3) is 6.12. The minimum absolute atomic E-state index is 0.697. The molecular weight excluding hydrogens is 316 g/mol. The fourth-order valence-electron chi connectivity index (χ4n) is 3.26. The number of benzene rings is 1. The molecule has 1 heterocycles. The Morgan fingerprint density at radius 2 is 2.04 bits per heavy atom. The van der Waals surface area contributed by atoms with Crippen LogP contribution < -0.4 is 20.1 Å². The number of likely N-dealkylation sites (tertiary alicyclic amines) is 1. The Balaban J connectivity index is 1.75. The van der Waals surface area contributed by atoms with Gasteiger partial charge in [-0.25, -0.2) is 0 Å². The Labute approximate surface area is 151 Å². The summed E-state index contributed by atoms with van der Waals surface area (Å²) in [7, 11) is 7.33. The molecule has 1 saturated heterocycles. The zero-order chi connectivity index (χ0) is 18.1. The second-order valence-electron chi connectivity index (χ2n) is 6.59. The molecule has 2 N–H and O–H groups in total. The van der Waals surface area contributed by atoms with E-state index in [1.165, 1.54) is 24.9 Å². The molecule has 0 spiro atoms. The molecule has 0 radical (unpaired) electrons. The average Bonchev–Trinajstić information content (AvgIpc) is 2.64. The summed E-state index contributed by atoms with van der Waals surface area (Å²) in [6, 6.07) is 6.03. The second-order valence-corrected chi connectivity index (χ2v) is 6.59. The van der Waals surface area contributed by atoms with Crippen LogP contribution in [0.3, 0.4) is 0 Å². The molecule has 2 rings (SSSR count). The highest BCUT2D eigenvalue weighted by Crippen LogP contribution is 2.27. The van der Waals surface area contributed by atoms with E-state index in [1.807, 2.05) is 19.2 Å². The summed E-state index contributed by atoms with van der Waals surface area (Å²) in [4.78, 5) is 6.73. The lowest BCUT2D eigenvalue weighted by Gasteiger charge is -2.30. The monoisotopic (exact) mass is 348 g/mol. The maximum absolute atomic E-state index is 5.35. The molecule has 0 amide bonds. The highest BCUT2D eigenvalue weighted by molar-refractivity contribution is 5.79. The molecule has 1 fully saturated rings. The SMILES string of the molecule is CN=C(NCCc1ccc(OC)c(OC)c1)NCC1CCCN(C)C1.